The summed E-state index contributed by atoms with van der Waals surface area (Å²) in [6.45, 7) is 7.99. The predicted molar refractivity (Wildman–Crippen MR) is 96.8 cm³/mol. The number of carbonyl (C=O) groups is 1. The van der Waals surface area contributed by atoms with E-state index in [-0.39, 0.29) is 17.4 Å². The molecule has 0 amide bonds. The smallest absolute Gasteiger partial charge is 0.194 e. The number of hydrogen-bond acceptors (Lipinski definition) is 3. The Bertz CT molecular complexity index is 852. The molecule has 3 nitrogen and oxygen atoms in total. The van der Waals surface area contributed by atoms with Crippen molar-refractivity contribution in [1.29, 1.82) is 0 Å². The largest absolute Gasteiger partial charge is 0.398 e. The van der Waals surface area contributed by atoms with Crippen LogP contribution in [0.1, 0.15) is 55.1 Å². The van der Waals surface area contributed by atoms with Gasteiger partial charge in [-0.1, -0.05) is 58.0 Å². The van der Waals surface area contributed by atoms with E-state index in [2.05, 4.69) is 13.8 Å². The van der Waals surface area contributed by atoms with Crippen LogP contribution < -0.4 is 16.3 Å². The molecule has 1 aliphatic heterocycles. The van der Waals surface area contributed by atoms with Crippen LogP contribution in [-0.2, 0) is 4.57 Å². The molecule has 0 radical (unpaired) electrons. The zero-order valence-electron chi connectivity index (χ0n) is 14.0. The van der Waals surface area contributed by atoms with Crippen LogP contribution in [0.3, 0.4) is 0 Å². The third-order valence-corrected chi connectivity index (χ3v) is 8.39. The Morgan fingerprint density at radius 3 is 2.22 bits per heavy atom. The number of nitrogen functional groups attached to an aromatic ring is 1. The molecule has 0 fully saturated rings. The normalized spacial score (nSPS) is 19.8. The first-order valence-electron chi connectivity index (χ1n) is 7.97. The molecular weight excluding hydrogens is 305 g/mol. The van der Waals surface area contributed by atoms with Gasteiger partial charge in [-0.2, -0.15) is 0 Å². The average Bonchev–Trinajstić information content (AvgIpc) is 2.51. The number of hydrogen-bond donors (Lipinski definition) is 1. The van der Waals surface area contributed by atoms with Crippen molar-refractivity contribution in [2.75, 3.05) is 5.73 Å². The Morgan fingerprint density at radius 2 is 1.61 bits per heavy atom. The van der Waals surface area contributed by atoms with Gasteiger partial charge in [-0.25, -0.2) is 0 Å². The molecule has 0 bridgehead atoms. The van der Waals surface area contributed by atoms with E-state index in [4.69, 9.17) is 5.73 Å². The van der Waals surface area contributed by atoms with Crippen LogP contribution in [0.15, 0.2) is 36.4 Å². The van der Waals surface area contributed by atoms with Crippen LogP contribution in [-0.4, -0.2) is 11.4 Å². The van der Waals surface area contributed by atoms with Gasteiger partial charge < -0.3 is 10.3 Å². The first-order valence-corrected chi connectivity index (χ1v) is 9.74. The van der Waals surface area contributed by atoms with Gasteiger partial charge in [0.05, 0.1) is 5.30 Å². The molecule has 0 spiro atoms. The summed E-state index contributed by atoms with van der Waals surface area (Å²) in [6, 6.07) is 10.9. The number of rotatable bonds is 2. The summed E-state index contributed by atoms with van der Waals surface area (Å²) in [7, 11) is -2.95. The molecule has 0 saturated carbocycles. The second-order valence-corrected chi connectivity index (χ2v) is 10.00. The molecule has 23 heavy (non-hydrogen) atoms. The van der Waals surface area contributed by atoms with Crippen molar-refractivity contribution >= 4 is 29.2 Å². The fraction of sp³-hybridized carbons (Fsp3) is 0.316. The SMILES string of the molecule is CC(C)c1ccc2c(c1N)P(=O)(C(C)C)c1ccccc1C2=O. The van der Waals surface area contributed by atoms with E-state index in [1.54, 1.807) is 12.1 Å². The molecule has 120 valence electrons. The lowest BCUT2D eigenvalue weighted by Gasteiger charge is -2.32. The highest BCUT2D eigenvalue weighted by atomic mass is 31.2. The fourth-order valence-electron chi connectivity index (χ4n) is 3.43. The second kappa shape index (κ2) is 5.35. The van der Waals surface area contributed by atoms with Gasteiger partial charge in [-0.3, -0.25) is 4.79 Å². The molecule has 0 aromatic heterocycles. The molecule has 1 aliphatic rings. The molecule has 1 unspecified atom stereocenters. The monoisotopic (exact) mass is 327 g/mol. The molecule has 1 atom stereocenters. The molecule has 2 aromatic rings. The Hall–Kier alpha value is -1.86. The van der Waals surface area contributed by atoms with Gasteiger partial charge in [0.2, 0.25) is 0 Å². The van der Waals surface area contributed by atoms with Gasteiger partial charge in [0.1, 0.15) is 7.14 Å². The maximum Gasteiger partial charge on any atom is 0.194 e. The summed E-state index contributed by atoms with van der Waals surface area (Å²) in [6.07, 6.45) is 0. The molecule has 2 N–H and O–H groups in total. The van der Waals surface area contributed by atoms with Crippen LogP contribution in [0, 0.1) is 0 Å². The number of fused-ring (bicyclic) bond motifs is 2. The van der Waals surface area contributed by atoms with Crippen LogP contribution in [0.4, 0.5) is 5.69 Å². The van der Waals surface area contributed by atoms with Crippen molar-refractivity contribution in [3.8, 4) is 0 Å². The minimum Gasteiger partial charge on any atom is -0.398 e. The van der Waals surface area contributed by atoms with Crippen molar-refractivity contribution in [1.82, 2.24) is 0 Å². The van der Waals surface area contributed by atoms with Gasteiger partial charge in [0.25, 0.3) is 0 Å². The molecular formula is C19H22NO2P. The zero-order valence-corrected chi connectivity index (χ0v) is 14.9. The Balaban J connectivity index is 2.45. The van der Waals surface area contributed by atoms with Crippen molar-refractivity contribution in [2.45, 2.75) is 39.3 Å². The van der Waals surface area contributed by atoms with Crippen LogP contribution >= 0.6 is 7.14 Å². The van der Waals surface area contributed by atoms with E-state index in [1.165, 1.54) is 0 Å². The zero-order chi connectivity index (χ0) is 16.9. The van der Waals surface area contributed by atoms with Crippen LogP contribution in [0.5, 0.6) is 0 Å². The molecule has 1 heterocycles. The van der Waals surface area contributed by atoms with Crippen molar-refractivity contribution in [3.63, 3.8) is 0 Å². The van der Waals surface area contributed by atoms with Gasteiger partial charge in [0.15, 0.2) is 5.78 Å². The maximum absolute atomic E-state index is 14.1. The third-order valence-electron chi connectivity index (χ3n) is 4.68. The number of carbonyl (C=O) groups excluding carboxylic acids is 1. The Kier molecular flexibility index (Phi) is 3.72. The van der Waals surface area contributed by atoms with E-state index in [0.29, 0.717) is 27.4 Å². The number of nitrogens with two attached hydrogens (primary N) is 1. The minimum absolute atomic E-state index is 0.0790. The van der Waals surface area contributed by atoms with Crippen molar-refractivity contribution in [2.24, 2.45) is 0 Å². The first kappa shape index (κ1) is 16.0. The van der Waals surface area contributed by atoms with Gasteiger partial charge in [-0.15, -0.1) is 0 Å². The van der Waals surface area contributed by atoms with Crippen molar-refractivity contribution in [3.05, 3.63) is 53.1 Å². The van der Waals surface area contributed by atoms with Crippen LogP contribution in [0.2, 0.25) is 0 Å². The summed E-state index contributed by atoms with van der Waals surface area (Å²) in [5, 5.41) is 1.22. The van der Waals surface area contributed by atoms with Gasteiger partial charge >= 0.3 is 0 Å². The predicted octanol–water partition coefficient (Wildman–Crippen LogP) is 3.66. The molecule has 0 aliphatic carbocycles. The van der Waals surface area contributed by atoms with Crippen molar-refractivity contribution < 1.29 is 9.36 Å². The number of anilines is 1. The second-order valence-electron chi connectivity index (χ2n) is 6.72. The van der Waals surface area contributed by atoms with E-state index in [0.717, 1.165) is 5.56 Å². The van der Waals surface area contributed by atoms with Gasteiger partial charge in [-0.05, 0) is 17.5 Å². The Labute approximate surface area is 137 Å². The van der Waals surface area contributed by atoms with Gasteiger partial charge in [0, 0.05) is 27.8 Å². The lowest BCUT2D eigenvalue weighted by atomic mass is 9.95. The van der Waals surface area contributed by atoms with E-state index in [9.17, 15) is 9.36 Å². The summed E-state index contributed by atoms with van der Waals surface area (Å²) in [5.74, 6) is 0.137. The molecule has 4 heteroatoms. The number of ketones is 1. The lowest BCUT2D eigenvalue weighted by molar-refractivity contribution is 0.104. The van der Waals surface area contributed by atoms with E-state index in [1.807, 2.05) is 38.1 Å². The summed E-state index contributed by atoms with van der Waals surface area (Å²) in [5.41, 5.74) is 8.84. The average molecular weight is 327 g/mol. The first-order chi connectivity index (χ1) is 10.8. The molecule has 3 rings (SSSR count). The summed E-state index contributed by atoms with van der Waals surface area (Å²) >= 11 is 0. The van der Waals surface area contributed by atoms with E-state index < -0.39 is 7.14 Å². The fourth-order valence-corrected chi connectivity index (χ4v) is 6.60. The highest BCUT2D eigenvalue weighted by Crippen LogP contribution is 2.54. The third kappa shape index (κ3) is 2.10. The molecule has 2 aromatic carbocycles. The molecule has 0 saturated heterocycles. The topological polar surface area (TPSA) is 60.2 Å². The highest BCUT2D eigenvalue weighted by Gasteiger charge is 2.43. The number of benzene rings is 2. The quantitative estimate of drug-likeness (QED) is 0.676. The standard InChI is InChI=1S/C19H22NO2P/c1-11(2)13-9-10-15-18(21)14-7-5-6-8-16(14)23(22,12(3)4)19(15)17(13)20/h5-12H,20H2,1-4H3. The van der Waals surface area contributed by atoms with Crippen LogP contribution in [0.25, 0.3) is 0 Å². The lowest BCUT2D eigenvalue weighted by Crippen LogP contribution is -2.37. The Morgan fingerprint density at radius 1 is 0.957 bits per heavy atom. The van der Waals surface area contributed by atoms with E-state index >= 15 is 0 Å². The minimum atomic E-state index is -2.95. The summed E-state index contributed by atoms with van der Waals surface area (Å²) < 4.78 is 14.1. The highest BCUT2D eigenvalue weighted by molar-refractivity contribution is 7.80. The maximum atomic E-state index is 14.1. The summed E-state index contributed by atoms with van der Waals surface area (Å²) in [4.78, 5) is 12.9.